The Bertz CT molecular complexity index is 611. The predicted molar refractivity (Wildman–Crippen MR) is 81.3 cm³/mol. The zero-order valence-corrected chi connectivity index (χ0v) is 11.7. The first-order valence-electron chi connectivity index (χ1n) is 6.89. The van der Waals surface area contributed by atoms with E-state index < -0.39 is 12.0 Å². The fraction of sp³-hybridized carbons (Fsp3) is 0.235. The highest BCUT2D eigenvalue weighted by atomic mass is 16.4. The fourth-order valence-electron chi connectivity index (χ4n) is 2.29. The van der Waals surface area contributed by atoms with E-state index >= 15 is 0 Å². The summed E-state index contributed by atoms with van der Waals surface area (Å²) in [5.74, 6) is -0.831. The largest absolute Gasteiger partial charge is 0.508 e. The van der Waals surface area contributed by atoms with Gasteiger partial charge < -0.3 is 15.9 Å². The van der Waals surface area contributed by atoms with Gasteiger partial charge in [0.2, 0.25) is 0 Å². The summed E-state index contributed by atoms with van der Waals surface area (Å²) in [7, 11) is 0. The molecule has 0 amide bonds. The molecule has 0 saturated carbocycles. The van der Waals surface area contributed by atoms with E-state index in [1.54, 1.807) is 18.2 Å². The molecule has 1 atom stereocenters. The van der Waals surface area contributed by atoms with Crippen LogP contribution in [0.2, 0.25) is 0 Å². The fourth-order valence-corrected chi connectivity index (χ4v) is 2.29. The van der Waals surface area contributed by atoms with Gasteiger partial charge in [-0.1, -0.05) is 36.4 Å². The molecule has 0 heterocycles. The first-order valence-corrected chi connectivity index (χ1v) is 6.89. The summed E-state index contributed by atoms with van der Waals surface area (Å²) in [6.07, 6.45) is 1.83. The minimum absolute atomic E-state index is 0.186. The van der Waals surface area contributed by atoms with E-state index in [1.165, 1.54) is 5.56 Å². The normalized spacial score (nSPS) is 12.0. The molecule has 0 aliphatic rings. The highest BCUT2D eigenvalue weighted by Gasteiger charge is 2.14. The number of carbonyl (C=O) groups is 1. The minimum atomic E-state index is -1.02. The number of aryl methyl sites for hydroxylation is 2. The van der Waals surface area contributed by atoms with Gasteiger partial charge >= 0.3 is 5.97 Å². The summed E-state index contributed by atoms with van der Waals surface area (Å²) >= 11 is 0. The average molecular weight is 285 g/mol. The maximum Gasteiger partial charge on any atom is 0.320 e. The lowest BCUT2D eigenvalue weighted by molar-refractivity contribution is -0.138. The third-order valence-electron chi connectivity index (χ3n) is 3.47. The van der Waals surface area contributed by atoms with E-state index in [0.29, 0.717) is 0 Å². The van der Waals surface area contributed by atoms with Crippen LogP contribution in [-0.4, -0.2) is 22.2 Å². The van der Waals surface area contributed by atoms with Gasteiger partial charge in [0.25, 0.3) is 0 Å². The van der Waals surface area contributed by atoms with Gasteiger partial charge in [-0.3, -0.25) is 4.79 Å². The van der Waals surface area contributed by atoms with Crippen molar-refractivity contribution >= 4 is 5.97 Å². The van der Waals surface area contributed by atoms with Gasteiger partial charge in [0, 0.05) is 0 Å². The van der Waals surface area contributed by atoms with Crippen LogP contribution in [0, 0.1) is 0 Å². The first-order chi connectivity index (χ1) is 10.1. The van der Waals surface area contributed by atoms with Crippen molar-refractivity contribution in [3.8, 4) is 5.75 Å². The summed E-state index contributed by atoms with van der Waals surface area (Å²) in [6, 6.07) is 14.1. The molecule has 0 aliphatic heterocycles. The van der Waals surface area contributed by atoms with Gasteiger partial charge in [-0.05, 0) is 48.1 Å². The van der Waals surface area contributed by atoms with Crippen LogP contribution in [0.5, 0.6) is 5.75 Å². The van der Waals surface area contributed by atoms with Crippen molar-refractivity contribution < 1.29 is 15.0 Å². The van der Waals surface area contributed by atoms with Crippen molar-refractivity contribution in [3.05, 3.63) is 65.2 Å². The molecule has 4 nitrogen and oxygen atoms in total. The SMILES string of the molecule is N[C@@H](Cc1ccc(O)cc1CCc1ccccc1)C(=O)O. The highest BCUT2D eigenvalue weighted by Crippen LogP contribution is 2.20. The third kappa shape index (κ3) is 4.33. The summed E-state index contributed by atoms with van der Waals surface area (Å²) in [4.78, 5) is 10.9. The molecule has 2 aromatic carbocycles. The van der Waals surface area contributed by atoms with Gasteiger partial charge in [-0.25, -0.2) is 0 Å². The number of phenolic OH excluding ortho intramolecular Hbond substituents is 1. The number of carboxylic acid groups (broad SMARTS) is 1. The molecule has 0 radical (unpaired) electrons. The minimum Gasteiger partial charge on any atom is -0.508 e. The van der Waals surface area contributed by atoms with Crippen LogP contribution in [0.1, 0.15) is 16.7 Å². The van der Waals surface area contributed by atoms with Crippen molar-refractivity contribution in [2.75, 3.05) is 0 Å². The molecular formula is C17H19NO3. The number of aliphatic carboxylic acids is 1. The van der Waals surface area contributed by atoms with Gasteiger partial charge in [0.1, 0.15) is 11.8 Å². The molecule has 0 aliphatic carbocycles. The molecule has 0 unspecified atom stereocenters. The molecule has 21 heavy (non-hydrogen) atoms. The number of phenols is 1. The Labute approximate surface area is 123 Å². The van der Waals surface area contributed by atoms with E-state index in [2.05, 4.69) is 0 Å². The summed E-state index contributed by atoms with van der Waals surface area (Å²) in [6.45, 7) is 0. The van der Waals surface area contributed by atoms with Crippen molar-refractivity contribution in [1.29, 1.82) is 0 Å². The van der Waals surface area contributed by atoms with Gasteiger partial charge in [-0.2, -0.15) is 0 Å². The number of hydrogen-bond acceptors (Lipinski definition) is 3. The Morgan fingerprint density at radius 2 is 1.76 bits per heavy atom. The summed E-state index contributed by atoms with van der Waals surface area (Å²) in [5, 5.41) is 18.6. The van der Waals surface area contributed by atoms with Gasteiger partial charge in [0.15, 0.2) is 0 Å². The molecule has 4 heteroatoms. The van der Waals surface area contributed by atoms with Gasteiger partial charge in [-0.15, -0.1) is 0 Å². The Hall–Kier alpha value is -2.33. The van der Waals surface area contributed by atoms with Gasteiger partial charge in [0.05, 0.1) is 0 Å². The maximum atomic E-state index is 10.9. The Balaban J connectivity index is 2.13. The van der Waals surface area contributed by atoms with Crippen molar-refractivity contribution in [3.63, 3.8) is 0 Å². The quantitative estimate of drug-likeness (QED) is 0.759. The van der Waals surface area contributed by atoms with Crippen molar-refractivity contribution in [2.45, 2.75) is 25.3 Å². The second-order valence-electron chi connectivity index (χ2n) is 5.09. The molecule has 110 valence electrons. The Morgan fingerprint density at radius 1 is 1.05 bits per heavy atom. The number of rotatable bonds is 6. The van der Waals surface area contributed by atoms with E-state index in [-0.39, 0.29) is 12.2 Å². The van der Waals surface area contributed by atoms with Crippen molar-refractivity contribution in [2.24, 2.45) is 5.73 Å². The van der Waals surface area contributed by atoms with E-state index in [1.807, 2.05) is 30.3 Å². The Morgan fingerprint density at radius 3 is 2.43 bits per heavy atom. The number of nitrogens with two attached hydrogens (primary N) is 1. The number of hydrogen-bond donors (Lipinski definition) is 3. The monoisotopic (exact) mass is 285 g/mol. The van der Waals surface area contributed by atoms with Crippen LogP contribution in [0.3, 0.4) is 0 Å². The lowest BCUT2D eigenvalue weighted by Crippen LogP contribution is -2.32. The smallest absolute Gasteiger partial charge is 0.320 e. The zero-order valence-electron chi connectivity index (χ0n) is 11.7. The van der Waals surface area contributed by atoms with E-state index in [9.17, 15) is 9.90 Å². The van der Waals surface area contributed by atoms with E-state index in [0.717, 1.165) is 24.0 Å². The third-order valence-corrected chi connectivity index (χ3v) is 3.47. The maximum absolute atomic E-state index is 10.9. The van der Waals surface area contributed by atoms with Crippen LogP contribution in [0.25, 0.3) is 0 Å². The molecule has 0 saturated heterocycles. The van der Waals surface area contributed by atoms with Crippen LogP contribution >= 0.6 is 0 Å². The second-order valence-corrected chi connectivity index (χ2v) is 5.09. The number of benzene rings is 2. The molecule has 0 fully saturated rings. The van der Waals surface area contributed by atoms with Crippen molar-refractivity contribution in [1.82, 2.24) is 0 Å². The van der Waals surface area contributed by atoms with Crippen LogP contribution in [0.4, 0.5) is 0 Å². The summed E-state index contributed by atoms with van der Waals surface area (Å²) in [5.41, 5.74) is 8.62. The highest BCUT2D eigenvalue weighted by molar-refractivity contribution is 5.73. The van der Waals surface area contributed by atoms with Crippen LogP contribution in [-0.2, 0) is 24.1 Å². The lowest BCUT2D eigenvalue weighted by Gasteiger charge is -2.12. The van der Waals surface area contributed by atoms with Crippen LogP contribution < -0.4 is 5.73 Å². The van der Waals surface area contributed by atoms with Crippen LogP contribution in [0.15, 0.2) is 48.5 Å². The number of carboxylic acids is 1. The standard InChI is InChI=1S/C17H19NO3/c18-16(17(20)21)11-14-8-9-15(19)10-13(14)7-6-12-4-2-1-3-5-12/h1-5,8-10,16,19H,6-7,11,18H2,(H,20,21)/t16-/m0/s1. The first kappa shape index (κ1) is 15.1. The lowest BCUT2D eigenvalue weighted by atomic mass is 9.95. The molecule has 2 aromatic rings. The predicted octanol–water partition coefficient (Wildman–Crippen LogP) is 2.13. The zero-order chi connectivity index (χ0) is 15.2. The topological polar surface area (TPSA) is 83.5 Å². The molecule has 0 aromatic heterocycles. The Kier molecular flexibility index (Phi) is 4.95. The number of aromatic hydroxyl groups is 1. The molecule has 0 bridgehead atoms. The average Bonchev–Trinajstić information content (AvgIpc) is 2.48. The van der Waals surface area contributed by atoms with E-state index in [4.69, 9.17) is 10.8 Å². The second kappa shape index (κ2) is 6.90. The molecule has 2 rings (SSSR count). The molecule has 4 N–H and O–H groups in total. The molecule has 0 spiro atoms. The molecular weight excluding hydrogens is 266 g/mol. The summed E-state index contributed by atoms with van der Waals surface area (Å²) < 4.78 is 0.